The van der Waals surface area contributed by atoms with E-state index in [9.17, 15) is 37.1 Å². The molecule has 1 heterocycles. The number of nitrogens with zero attached hydrogens (tertiary/aromatic N) is 2. The molecule has 2 atom stereocenters. The van der Waals surface area contributed by atoms with Gasteiger partial charge in [-0.25, -0.2) is 9.18 Å². The monoisotopic (exact) mass is 479 g/mol. The van der Waals surface area contributed by atoms with Crippen LogP contribution in [0.2, 0.25) is 0 Å². The van der Waals surface area contributed by atoms with Gasteiger partial charge in [0, 0.05) is 12.1 Å². The summed E-state index contributed by atoms with van der Waals surface area (Å²) in [7, 11) is 0. The average molecular weight is 479 g/mol. The van der Waals surface area contributed by atoms with E-state index in [1.807, 2.05) is 0 Å². The fraction of sp³-hybridized carbons (Fsp3) is 0.348. The maximum absolute atomic E-state index is 13.5. The van der Waals surface area contributed by atoms with Crippen molar-refractivity contribution < 1.29 is 37.1 Å². The molecule has 0 aromatic heterocycles. The molecule has 2 aromatic carbocycles. The van der Waals surface area contributed by atoms with Gasteiger partial charge in [0.05, 0.1) is 0 Å². The number of fused-ring (bicyclic) bond motifs is 2. The number of aromatic hydroxyl groups is 1. The smallest absolute Gasteiger partial charge is 0.408 e. The zero-order valence-electron chi connectivity index (χ0n) is 18.0. The highest BCUT2D eigenvalue weighted by Gasteiger charge is 2.57. The number of carbonyl (C=O) groups is 3. The second-order valence-electron chi connectivity index (χ2n) is 8.40. The summed E-state index contributed by atoms with van der Waals surface area (Å²) in [6, 6.07) is 6.12. The number of rotatable bonds is 5. The van der Waals surface area contributed by atoms with Gasteiger partial charge in [0.1, 0.15) is 24.2 Å². The first-order valence-corrected chi connectivity index (χ1v) is 10.5. The van der Waals surface area contributed by atoms with E-state index >= 15 is 0 Å². The molecule has 7 nitrogen and oxygen atoms in total. The van der Waals surface area contributed by atoms with Gasteiger partial charge in [0.2, 0.25) is 5.91 Å². The molecule has 1 saturated heterocycles. The topological polar surface area (TPSA) is 90.0 Å². The summed E-state index contributed by atoms with van der Waals surface area (Å²) in [5.41, 5.74) is -0.440. The number of phenolic OH excluding ortho intramolecular Hbond substituents is 1. The lowest BCUT2D eigenvalue weighted by Gasteiger charge is -2.32. The number of nitrogens with one attached hydrogen (secondary N) is 1. The van der Waals surface area contributed by atoms with Crippen molar-refractivity contribution in [3.8, 4) is 5.75 Å². The molecule has 1 spiro atoms. The van der Waals surface area contributed by atoms with Crippen molar-refractivity contribution in [2.75, 3.05) is 6.54 Å². The van der Waals surface area contributed by atoms with Crippen molar-refractivity contribution in [1.29, 1.82) is 0 Å². The fourth-order valence-corrected chi connectivity index (χ4v) is 4.47. The molecular formula is C23H21F4N3O4. The summed E-state index contributed by atoms with van der Waals surface area (Å²) in [6.45, 7) is -0.630. The highest BCUT2D eigenvalue weighted by molar-refractivity contribution is 6.10. The van der Waals surface area contributed by atoms with E-state index in [4.69, 9.17) is 0 Å². The Morgan fingerprint density at radius 2 is 1.88 bits per heavy atom. The van der Waals surface area contributed by atoms with Crippen LogP contribution >= 0.6 is 0 Å². The van der Waals surface area contributed by atoms with E-state index in [-0.39, 0.29) is 23.3 Å². The minimum Gasteiger partial charge on any atom is -0.508 e. The SMILES string of the molecule is C[C@H](N(Cc1ccc(F)cc1)C(=O)CN1C(=O)N[C@@]2(CCc3cccc(O)c32)C1=O)C(F)(F)F. The second-order valence-corrected chi connectivity index (χ2v) is 8.40. The van der Waals surface area contributed by atoms with Gasteiger partial charge in [-0.05, 0) is 49.1 Å². The van der Waals surface area contributed by atoms with Crippen LogP contribution in [0, 0.1) is 5.82 Å². The highest BCUT2D eigenvalue weighted by Crippen LogP contribution is 2.45. The molecule has 0 unspecified atom stereocenters. The average Bonchev–Trinajstić information content (AvgIpc) is 3.26. The van der Waals surface area contributed by atoms with Crippen LogP contribution in [0.15, 0.2) is 42.5 Å². The zero-order valence-corrected chi connectivity index (χ0v) is 18.0. The Morgan fingerprint density at radius 1 is 1.21 bits per heavy atom. The fourth-order valence-electron chi connectivity index (χ4n) is 4.47. The van der Waals surface area contributed by atoms with Crippen LogP contribution in [0.1, 0.15) is 30.0 Å². The molecule has 1 aliphatic carbocycles. The van der Waals surface area contributed by atoms with Crippen LogP contribution < -0.4 is 5.32 Å². The van der Waals surface area contributed by atoms with E-state index in [2.05, 4.69) is 5.32 Å². The van der Waals surface area contributed by atoms with Gasteiger partial charge in [-0.2, -0.15) is 13.2 Å². The van der Waals surface area contributed by atoms with Crippen molar-refractivity contribution in [3.63, 3.8) is 0 Å². The number of carbonyl (C=O) groups excluding carboxylic acids is 3. The van der Waals surface area contributed by atoms with Crippen LogP contribution in [-0.2, 0) is 28.1 Å². The normalized spacial score (nSPS) is 20.4. The predicted octanol–water partition coefficient (Wildman–Crippen LogP) is 3.20. The Balaban J connectivity index is 1.60. The Bertz CT molecular complexity index is 1150. The van der Waals surface area contributed by atoms with E-state index in [1.165, 1.54) is 18.2 Å². The van der Waals surface area contributed by atoms with Crippen LogP contribution in [0.25, 0.3) is 0 Å². The van der Waals surface area contributed by atoms with Gasteiger partial charge in [-0.15, -0.1) is 0 Å². The standard InChI is InChI=1S/C23H21F4N3O4/c1-13(23(25,26)27)29(11-14-5-7-16(24)8-6-14)18(32)12-30-20(33)22(28-21(30)34)10-9-15-3-2-4-17(31)19(15)22/h2-8,13,31H,9-12H2,1H3,(H,28,34)/t13-,22+/m0/s1. The summed E-state index contributed by atoms with van der Waals surface area (Å²) >= 11 is 0. The third-order valence-corrected chi connectivity index (χ3v) is 6.32. The van der Waals surface area contributed by atoms with E-state index in [1.54, 1.807) is 12.1 Å². The number of aryl methyl sites for hydroxylation is 1. The Morgan fingerprint density at radius 3 is 2.53 bits per heavy atom. The maximum atomic E-state index is 13.5. The van der Waals surface area contributed by atoms with Crippen molar-refractivity contribution in [1.82, 2.24) is 15.1 Å². The third kappa shape index (κ3) is 3.95. The number of phenols is 1. The summed E-state index contributed by atoms with van der Waals surface area (Å²) in [4.78, 5) is 40.0. The number of hydrogen-bond donors (Lipinski definition) is 2. The van der Waals surface area contributed by atoms with E-state index in [0.29, 0.717) is 21.8 Å². The first-order chi connectivity index (χ1) is 15.9. The number of hydrogen-bond acceptors (Lipinski definition) is 4. The van der Waals surface area contributed by atoms with E-state index in [0.717, 1.165) is 19.1 Å². The number of urea groups is 1. The van der Waals surface area contributed by atoms with Crippen LogP contribution in [-0.4, -0.2) is 51.5 Å². The Kier molecular flexibility index (Phi) is 5.74. The summed E-state index contributed by atoms with van der Waals surface area (Å²) in [5.74, 6) is -2.70. The van der Waals surface area contributed by atoms with Crippen LogP contribution in [0.3, 0.4) is 0 Å². The minimum absolute atomic E-state index is 0.146. The first-order valence-electron chi connectivity index (χ1n) is 10.5. The molecule has 11 heteroatoms. The van der Waals surface area contributed by atoms with Crippen molar-refractivity contribution in [2.24, 2.45) is 0 Å². The molecule has 4 rings (SSSR count). The molecule has 34 heavy (non-hydrogen) atoms. The van der Waals surface area contributed by atoms with Crippen molar-refractivity contribution >= 4 is 17.8 Å². The van der Waals surface area contributed by atoms with Crippen LogP contribution in [0.4, 0.5) is 22.4 Å². The predicted molar refractivity (Wildman–Crippen MR) is 111 cm³/mol. The molecular weight excluding hydrogens is 458 g/mol. The summed E-state index contributed by atoms with van der Waals surface area (Å²) in [6.07, 6.45) is -4.24. The minimum atomic E-state index is -4.77. The van der Waals surface area contributed by atoms with Gasteiger partial charge in [0.15, 0.2) is 5.54 Å². The number of alkyl halides is 3. The van der Waals surface area contributed by atoms with Gasteiger partial charge in [-0.1, -0.05) is 24.3 Å². The molecule has 2 aromatic rings. The lowest BCUT2D eigenvalue weighted by Crippen LogP contribution is -2.51. The molecule has 1 fully saturated rings. The van der Waals surface area contributed by atoms with Crippen LogP contribution in [0.5, 0.6) is 5.75 Å². The molecule has 4 amide bonds. The van der Waals surface area contributed by atoms with Gasteiger partial charge in [-0.3, -0.25) is 14.5 Å². The lowest BCUT2D eigenvalue weighted by atomic mass is 9.91. The van der Waals surface area contributed by atoms with E-state index < -0.39 is 54.5 Å². The molecule has 2 aliphatic rings. The molecule has 180 valence electrons. The third-order valence-electron chi connectivity index (χ3n) is 6.32. The van der Waals surface area contributed by atoms with Gasteiger partial charge >= 0.3 is 12.2 Å². The Labute approximate surface area is 192 Å². The molecule has 0 bridgehead atoms. The molecule has 1 aliphatic heterocycles. The highest BCUT2D eigenvalue weighted by atomic mass is 19.4. The summed E-state index contributed by atoms with van der Waals surface area (Å²) in [5, 5.41) is 12.8. The Hall–Kier alpha value is -3.63. The molecule has 0 radical (unpaired) electrons. The van der Waals surface area contributed by atoms with Crippen molar-refractivity contribution in [3.05, 3.63) is 65.0 Å². The first kappa shape index (κ1) is 23.5. The largest absolute Gasteiger partial charge is 0.508 e. The quantitative estimate of drug-likeness (QED) is 0.509. The maximum Gasteiger partial charge on any atom is 0.408 e. The lowest BCUT2D eigenvalue weighted by molar-refractivity contribution is -0.187. The van der Waals surface area contributed by atoms with Gasteiger partial charge < -0.3 is 15.3 Å². The molecule has 2 N–H and O–H groups in total. The second kappa shape index (κ2) is 8.30. The number of benzene rings is 2. The van der Waals surface area contributed by atoms with Gasteiger partial charge in [0.25, 0.3) is 5.91 Å². The number of imide groups is 1. The van der Waals surface area contributed by atoms with Crippen molar-refractivity contribution in [2.45, 2.75) is 44.1 Å². The zero-order chi connectivity index (χ0) is 24.8. The summed E-state index contributed by atoms with van der Waals surface area (Å²) < 4.78 is 53.7. The molecule has 0 saturated carbocycles. The number of amides is 4. The number of halogens is 4.